The molecular weight excluding hydrogens is 382 g/mol. The van der Waals surface area contributed by atoms with Crippen LogP contribution in [0.25, 0.3) is 10.9 Å². The molecule has 0 aliphatic carbocycles. The van der Waals surface area contributed by atoms with Gasteiger partial charge in [-0.25, -0.2) is 9.97 Å². The highest BCUT2D eigenvalue weighted by atomic mass is 16.5. The van der Waals surface area contributed by atoms with E-state index in [9.17, 15) is 4.79 Å². The summed E-state index contributed by atoms with van der Waals surface area (Å²) in [4.78, 5) is 27.6. The Bertz CT molecular complexity index is 885. The fourth-order valence-corrected chi connectivity index (χ4v) is 4.36. The Labute approximate surface area is 177 Å². The van der Waals surface area contributed by atoms with Crippen molar-refractivity contribution in [1.82, 2.24) is 19.8 Å². The molecule has 0 bridgehead atoms. The molecule has 162 valence electrons. The summed E-state index contributed by atoms with van der Waals surface area (Å²) in [6, 6.07) is 3.94. The maximum atomic E-state index is 11.1. The van der Waals surface area contributed by atoms with Gasteiger partial charge in [0.1, 0.15) is 11.6 Å². The van der Waals surface area contributed by atoms with Crippen LogP contribution in [0.4, 0.5) is 5.82 Å². The number of anilines is 1. The Balaban J connectivity index is 1.69. The number of benzene rings is 1. The normalized spacial score (nSPS) is 18.3. The highest BCUT2D eigenvalue weighted by molar-refractivity contribution is 5.92. The number of fused-ring (bicyclic) bond motifs is 1. The molecule has 0 atom stereocenters. The quantitative estimate of drug-likeness (QED) is 0.673. The molecule has 3 heterocycles. The lowest BCUT2D eigenvalue weighted by Crippen LogP contribution is -2.32. The van der Waals surface area contributed by atoms with E-state index in [1.165, 1.54) is 19.3 Å². The van der Waals surface area contributed by atoms with Crippen molar-refractivity contribution >= 4 is 23.1 Å². The van der Waals surface area contributed by atoms with E-state index in [1.54, 1.807) is 14.2 Å². The fraction of sp³-hybridized carbons (Fsp3) is 0.591. The lowest BCUT2D eigenvalue weighted by atomic mass is 10.1. The van der Waals surface area contributed by atoms with Gasteiger partial charge in [-0.15, -0.1) is 0 Å². The molecule has 0 unspecified atom stereocenters. The van der Waals surface area contributed by atoms with Crippen LogP contribution in [0.3, 0.4) is 0 Å². The number of ether oxygens (including phenoxy) is 2. The van der Waals surface area contributed by atoms with Crippen LogP contribution in [0.1, 0.15) is 31.5 Å². The SMILES string of the molecule is COc1cc2nc(CN3CCCN(C=O)CC3)nc(N3CCCCC3)c2cc1OC. The summed E-state index contributed by atoms with van der Waals surface area (Å²) in [5.74, 6) is 3.17. The Morgan fingerprint density at radius 2 is 1.67 bits per heavy atom. The first-order valence-corrected chi connectivity index (χ1v) is 10.8. The number of carbonyl (C=O) groups is 1. The van der Waals surface area contributed by atoms with Crippen LogP contribution >= 0.6 is 0 Å². The number of methoxy groups -OCH3 is 2. The van der Waals surface area contributed by atoms with E-state index in [2.05, 4.69) is 9.80 Å². The van der Waals surface area contributed by atoms with Gasteiger partial charge in [-0.05, 0) is 31.7 Å². The first kappa shape index (κ1) is 20.7. The van der Waals surface area contributed by atoms with Crippen molar-refractivity contribution < 1.29 is 14.3 Å². The summed E-state index contributed by atoms with van der Waals surface area (Å²) in [7, 11) is 3.30. The van der Waals surface area contributed by atoms with Gasteiger partial charge < -0.3 is 19.3 Å². The Morgan fingerprint density at radius 1 is 0.900 bits per heavy atom. The lowest BCUT2D eigenvalue weighted by molar-refractivity contribution is -0.118. The fourth-order valence-electron chi connectivity index (χ4n) is 4.36. The molecule has 30 heavy (non-hydrogen) atoms. The zero-order valence-electron chi connectivity index (χ0n) is 18.0. The highest BCUT2D eigenvalue weighted by Crippen LogP contribution is 2.36. The average Bonchev–Trinajstić information content (AvgIpc) is 3.03. The molecule has 8 heteroatoms. The van der Waals surface area contributed by atoms with E-state index in [0.717, 1.165) is 74.6 Å². The van der Waals surface area contributed by atoms with Crippen LogP contribution < -0.4 is 14.4 Å². The van der Waals surface area contributed by atoms with Crippen molar-refractivity contribution in [1.29, 1.82) is 0 Å². The zero-order valence-corrected chi connectivity index (χ0v) is 18.0. The zero-order chi connectivity index (χ0) is 20.9. The first-order chi connectivity index (χ1) is 14.7. The van der Waals surface area contributed by atoms with Crippen LogP contribution in [-0.2, 0) is 11.3 Å². The third-order valence-electron chi connectivity index (χ3n) is 6.02. The largest absolute Gasteiger partial charge is 0.493 e. The highest BCUT2D eigenvalue weighted by Gasteiger charge is 2.21. The minimum absolute atomic E-state index is 0.677. The lowest BCUT2D eigenvalue weighted by Gasteiger charge is -2.29. The smallest absolute Gasteiger partial charge is 0.209 e. The van der Waals surface area contributed by atoms with Crippen molar-refractivity contribution in [3.63, 3.8) is 0 Å². The van der Waals surface area contributed by atoms with Crippen LogP contribution in [0, 0.1) is 0 Å². The molecule has 2 aromatic rings. The van der Waals surface area contributed by atoms with E-state index >= 15 is 0 Å². The second-order valence-electron chi connectivity index (χ2n) is 8.01. The van der Waals surface area contributed by atoms with E-state index in [1.807, 2.05) is 17.0 Å². The molecule has 0 saturated carbocycles. The molecule has 2 fully saturated rings. The summed E-state index contributed by atoms with van der Waals surface area (Å²) >= 11 is 0. The predicted molar refractivity (Wildman–Crippen MR) is 116 cm³/mol. The van der Waals surface area contributed by atoms with Crippen molar-refractivity contribution in [2.45, 2.75) is 32.2 Å². The van der Waals surface area contributed by atoms with Gasteiger partial charge >= 0.3 is 0 Å². The van der Waals surface area contributed by atoms with Gasteiger partial charge in [-0.3, -0.25) is 9.69 Å². The van der Waals surface area contributed by atoms with Gasteiger partial charge in [0.05, 0.1) is 26.3 Å². The number of piperidine rings is 1. The number of hydrogen-bond acceptors (Lipinski definition) is 7. The van der Waals surface area contributed by atoms with E-state index in [-0.39, 0.29) is 0 Å². The molecule has 2 aliphatic heterocycles. The molecule has 2 aliphatic rings. The maximum absolute atomic E-state index is 11.1. The third-order valence-corrected chi connectivity index (χ3v) is 6.02. The first-order valence-electron chi connectivity index (χ1n) is 10.8. The summed E-state index contributed by atoms with van der Waals surface area (Å²) in [5, 5.41) is 1.00. The minimum atomic E-state index is 0.677. The maximum Gasteiger partial charge on any atom is 0.209 e. The Hall–Kier alpha value is -2.61. The topological polar surface area (TPSA) is 71.0 Å². The van der Waals surface area contributed by atoms with Crippen molar-refractivity contribution in [3.8, 4) is 11.5 Å². The number of hydrogen-bond donors (Lipinski definition) is 0. The number of rotatable bonds is 6. The van der Waals surface area contributed by atoms with E-state index in [4.69, 9.17) is 19.4 Å². The molecule has 0 spiro atoms. The van der Waals surface area contributed by atoms with Crippen molar-refractivity contribution in [2.24, 2.45) is 0 Å². The average molecular weight is 414 g/mol. The summed E-state index contributed by atoms with van der Waals surface area (Å²) in [6.07, 6.45) is 5.55. The summed E-state index contributed by atoms with van der Waals surface area (Å²) in [5.41, 5.74) is 0.877. The molecule has 0 radical (unpaired) electrons. The van der Waals surface area contributed by atoms with Gasteiger partial charge in [0, 0.05) is 50.7 Å². The number of amides is 1. The Kier molecular flexibility index (Phi) is 6.52. The number of aromatic nitrogens is 2. The molecule has 8 nitrogen and oxygen atoms in total. The molecular formula is C22H31N5O3. The Morgan fingerprint density at radius 3 is 2.40 bits per heavy atom. The second-order valence-corrected chi connectivity index (χ2v) is 8.01. The molecule has 2 saturated heterocycles. The molecule has 4 rings (SSSR count). The molecule has 1 aromatic carbocycles. The van der Waals surface area contributed by atoms with Crippen LogP contribution in [0.5, 0.6) is 11.5 Å². The monoisotopic (exact) mass is 413 g/mol. The van der Waals surface area contributed by atoms with Crippen LogP contribution in [-0.4, -0.2) is 79.7 Å². The minimum Gasteiger partial charge on any atom is -0.493 e. The van der Waals surface area contributed by atoms with Crippen molar-refractivity contribution in [3.05, 3.63) is 18.0 Å². The number of nitrogens with zero attached hydrogens (tertiary/aromatic N) is 5. The summed E-state index contributed by atoms with van der Waals surface area (Å²) < 4.78 is 11.0. The van der Waals surface area contributed by atoms with Gasteiger partial charge in [-0.1, -0.05) is 0 Å². The van der Waals surface area contributed by atoms with Crippen molar-refractivity contribution in [2.75, 3.05) is 58.4 Å². The molecule has 1 amide bonds. The van der Waals surface area contributed by atoms with Crippen LogP contribution in [0.2, 0.25) is 0 Å². The van der Waals surface area contributed by atoms with Gasteiger partial charge in [-0.2, -0.15) is 0 Å². The molecule has 1 aromatic heterocycles. The van der Waals surface area contributed by atoms with Gasteiger partial charge in [0.2, 0.25) is 6.41 Å². The van der Waals surface area contributed by atoms with Gasteiger partial charge in [0.15, 0.2) is 11.5 Å². The molecule has 0 N–H and O–H groups in total. The predicted octanol–water partition coefficient (Wildman–Crippen LogP) is 2.30. The van der Waals surface area contributed by atoms with Gasteiger partial charge in [0.25, 0.3) is 0 Å². The van der Waals surface area contributed by atoms with E-state index < -0.39 is 0 Å². The van der Waals surface area contributed by atoms with Crippen LogP contribution in [0.15, 0.2) is 12.1 Å². The second kappa shape index (κ2) is 9.47. The summed E-state index contributed by atoms with van der Waals surface area (Å²) in [6.45, 7) is 6.05. The van der Waals surface area contributed by atoms with E-state index in [0.29, 0.717) is 18.0 Å². The standard InChI is InChI=1S/C22H31N5O3/c1-29-19-13-17-18(14-20(19)30-2)23-21(24-22(17)27-9-4-3-5-10-27)15-25-7-6-8-26(16-28)12-11-25/h13-14,16H,3-12,15H2,1-2H3. The number of carbonyl (C=O) groups excluding carboxylic acids is 1. The third kappa shape index (κ3) is 4.43.